The van der Waals surface area contributed by atoms with Crippen LogP contribution in [-0.4, -0.2) is 12.1 Å². The lowest BCUT2D eigenvalue weighted by atomic mass is 9.70. The molecule has 2 heteroatoms. The van der Waals surface area contributed by atoms with E-state index in [1.165, 1.54) is 19.3 Å². The first-order valence-corrected chi connectivity index (χ1v) is 5.58. The van der Waals surface area contributed by atoms with Crippen molar-refractivity contribution >= 4 is 0 Å². The van der Waals surface area contributed by atoms with Gasteiger partial charge in [0.15, 0.2) is 0 Å². The van der Waals surface area contributed by atoms with Crippen molar-refractivity contribution in [3.8, 4) is 6.07 Å². The van der Waals surface area contributed by atoms with Gasteiger partial charge in [-0.15, -0.1) is 0 Å². The number of nitrogens with zero attached hydrogens (tertiary/aromatic N) is 1. The Balaban J connectivity index is 2.51. The molecule has 0 amide bonds. The van der Waals surface area contributed by atoms with Gasteiger partial charge in [0.1, 0.15) is 0 Å². The predicted molar refractivity (Wildman–Crippen MR) is 58.8 cm³/mol. The van der Waals surface area contributed by atoms with Crippen LogP contribution in [0.2, 0.25) is 0 Å². The Morgan fingerprint density at radius 2 is 2.07 bits per heavy atom. The molecule has 2 nitrogen and oxygen atoms in total. The van der Waals surface area contributed by atoms with Crippen LogP contribution in [-0.2, 0) is 0 Å². The molecule has 3 atom stereocenters. The molecule has 1 rings (SSSR count). The van der Waals surface area contributed by atoms with E-state index in [1.807, 2.05) is 6.92 Å². The highest BCUT2D eigenvalue weighted by atomic mass is 14.9. The Morgan fingerprint density at radius 1 is 1.43 bits per heavy atom. The van der Waals surface area contributed by atoms with Crippen LogP contribution < -0.4 is 5.32 Å². The molecule has 3 unspecified atom stereocenters. The molecule has 1 saturated carbocycles. The van der Waals surface area contributed by atoms with Gasteiger partial charge < -0.3 is 0 Å². The molecule has 0 aromatic heterocycles. The zero-order valence-electron chi connectivity index (χ0n) is 9.80. The van der Waals surface area contributed by atoms with Crippen LogP contribution in [0.1, 0.15) is 47.0 Å². The molecule has 1 aliphatic carbocycles. The van der Waals surface area contributed by atoms with E-state index >= 15 is 0 Å². The van der Waals surface area contributed by atoms with E-state index < -0.39 is 0 Å². The SMILES string of the molecule is CC1CC(NC(C)C#N)CC(C)(C)C1. The second-order valence-electron chi connectivity index (χ2n) is 5.63. The van der Waals surface area contributed by atoms with Gasteiger partial charge in [-0.2, -0.15) is 5.26 Å². The average Bonchev–Trinajstić information content (AvgIpc) is 1.99. The fourth-order valence-corrected chi connectivity index (χ4v) is 2.86. The summed E-state index contributed by atoms with van der Waals surface area (Å²) in [5, 5.41) is 12.1. The summed E-state index contributed by atoms with van der Waals surface area (Å²) < 4.78 is 0. The molecule has 14 heavy (non-hydrogen) atoms. The van der Waals surface area contributed by atoms with Crippen molar-refractivity contribution in [3.63, 3.8) is 0 Å². The Hall–Kier alpha value is -0.550. The fourth-order valence-electron chi connectivity index (χ4n) is 2.86. The van der Waals surface area contributed by atoms with E-state index in [0.717, 1.165) is 5.92 Å². The summed E-state index contributed by atoms with van der Waals surface area (Å²) >= 11 is 0. The van der Waals surface area contributed by atoms with Gasteiger partial charge in [-0.1, -0.05) is 20.8 Å². The fraction of sp³-hybridized carbons (Fsp3) is 0.917. The van der Waals surface area contributed by atoms with Gasteiger partial charge in [-0.25, -0.2) is 0 Å². The van der Waals surface area contributed by atoms with Crippen molar-refractivity contribution in [2.75, 3.05) is 0 Å². The third-order valence-corrected chi connectivity index (χ3v) is 3.07. The summed E-state index contributed by atoms with van der Waals surface area (Å²) in [6, 6.07) is 2.76. The number of nitrogens with one attached hydrogen (secondary N) is 1. The molecule has 0 heterocycles. The second kappa shape index (κ2) is 4.31. The minimum absolute atomic E-state index is 0.0129. The van der Waals surface area contributed by atoms with Crippen LogP contribution in [0.5, 0.6) is 0 Å². The van der Waals surface area contributed by atoms with Crippen molar-refractivity contribution in [1.82, 2.24) is 5.32 Å². The van der Waals surface area contributed by atoms with Gasteiger partial charge in [0.05, 0.1) is 12.1 Å². The van der Waals surface area contributed by atoms with E-state index in [9.17, 15) is 0 Å². The first kappa shape index (κ1) is 11.5. The average molecular weight is 194 g/mol. The molecule has 0 radical (unpaired) electrons. The topological polar surface area (TPSA) is 35.8 Å². The van der Waals surface area contributed by atoms with Crippen molar-refractivity contribution < 1.29 is 0 Å². The van der Waals surface area contributed by atoms with E-state index in [1.54, 1.807) is 0 Å². The van der Waals surface area contributed by atoms with Crippen molar-refractivity contribution in [2.45, 2.75) is 59.0 Å². The van der Waals surface area contributed by atoms with Gasteiger partial charge in [-0.3, -0.25) is 5.32 Å². The summed E-state index contributed by atoms with van der Waals surface area (Å²) in [6.45, 7) is 8.90. The highest BCUT2D eigenvalue weighted by Crippen LogP contribution is 2.38. The maximum Gasteiger partial charge on any atom is 0.0926 e. The largest absolute Gasteiger partial charge is 0.299 e. The minimum Gasteiger partial charge on any atom is -0.299 e. The Labute approximate surface area is 87.7 Å². The predicted octanol–water partition coefficient (Wildman–Crippen LogP) is 2.70. The quantitative estimate of drug-likeness (QED) is 0.733. The van der Waals surface area contributed by atoms with Crippen LogP contribution in [0.15, 0.2) is 0 Å². The van der Waals surface area contributed by atoms with E-state index in [0.29, 0.717) is 11.5 Å². The molecular formula is C12H22N2. The number of rotatable bonds is 2. The first-order valence-electron chi connectivity index (χ1n) is 5.58. The van der Waals surface area contributed by atoms with Gasteiger partial charge >= 0.3 is 0 Å². The normalized spacial score (nSPS) is 33.4. The lowest BCUT2D eigenvalue weighted by Crippen LogP contribution is -2.43. The molecule has 1 aliphatic rings. The van der Waals surface area contributed by atoms with Crippen LogP contribution in [0, 0.1) is 22.7 Å². The molecule has 0 aromatic rings. The van der Waals surface area contributed by atoms with Gasteiger partial charge in [0.2, 0.25) is 0 Å². The molecule has 0 saturated heterocycles. The maximum atomic E-state index is 8.75. The molecule has 0 bridgehead atoms. The second-order valence-corrected chi connectivity index (χ2v) is 5.63. The molecule has 1 N–H and O–H groups in total. The third-order valence-electron chi connectivity index (χ3n) is 3.07. The first-order chi connectivity index (χ1) is 6.43. The monoisotopic (exact) mass is 194 g/mol. The van der Waals surface area contributed by atoms with Crippen LogP contribution in [0.3, 0.4) is 0 Å². The Morgan fingerprint density at radius 3 is 2.57 bits per heavy atom. The molecule has 0 aromatic carbocycles. The lowest BCUT2D eigenvalue weighted by molar-refractivity contribution is 0.149. The maximum absolute atomic E-state index is 8.75. The van der Waals surface area contributed by atoms with Gasteiger partial charge in [0, 0.05) is 6.04 Å². The molecular weight excluding hydrogens is 172 g/mol. The smallest absolute Gasteiger partial charge is 0.0926 e. The van der Waals surface area contributed by atoms with Crippen LogP contribution in [0.25, 0.3) is 0 Å². The summed E-state index contributed by atoms with van der Waals surface area (Å²) in [7, 11) is 0. The highest BCUT2D eigenvalue weighted by Gasteiger charge is 2.32. The van der Waals surface area contributed by atoms with Gasteiger partial charge in [-0.05, 0) is 37.5 Å². The van der Waals surface area contributed by atoms with Crippen molar-refractivity contribution in [1.29, 1.82) is 5.26 Å². The Kier molecular flexibility index (Phi) is 3.55. The van der Waals surface area contributed by atoms with Crippen molar-refractivity contribution in [3.05, 3.63) is 0 Å². The number of hydrogen-bond acceptors (Lipinski definition) is 2. The molecule has 0 aliphatic heterocycles. The molecule has 1 fully saturated rings. The van der Waals surface area contributed by atoms with Crippen LogP contribution >= 0.6 is 0 Å². The summed E-state index contributed by atoms with van der Waals surface area (Å²) in [6.07, 6.45) is 3.73. The minimum atomic E-state index is -0.0129. The van der Waals surface area contributed by atoms with Crippen LogP contribution in [0.4, 0.5) is 0 Å². The molecule has 0 spiro atoms. The zero-order chi connectivity index (χ0) is 10.8. The highest BCUT2D eigenvalue weighted by molar-refractivity contribution is 4.92. The van der Waals surface area contributed by atoms with Gasteiger partial charge in [0.25, 0.3) is 0 Å². The van der Waals surface area contributed by atoms with E-state index in [4.69, 9.17) is 5.26 Å². The zero-order valence-corrected chi connectivity index (χ0v) is 9.80. The Bertz CT molecular complexity index is 227. The summed E-state index contributed by atoms with van der Waals surface area (Å²) in [5.41, 5.74) is 0.435. The number of nitriles is 1. The standard InChI is InChI=1S/C12H22N2/c1-9-5-11(14-10(2)8-13)7-12(3,4)6-9/h9-11,14H,5-7H2,1-4H3. The van der Waals surface area contributed by atoms with E-state index in [-0.39, 0.29) is 6.04 Å². The number of hydrogen-bond donors (Lipinski definition) is 1. The van der Waals surface area contributed by atoms with Crippen molar-refractivity contribution in [2.24, 2.45) is 11.3 Å². The summed E-state index contributed by atoms with van der Waals surface area (Å²) in [4.78, 5) is 0. The lowest BCUT2D eigenvalue weighted by Gasteiger charge is -2.39. The molecule has 80 valence electrons. The summed E-state index contributed by atoms with van der Waals surface area (Å²) in [5.74, 6) is 0.780. The van der Waals surface area contributed by atoms with E-state index in [2.05, 4.69) is 32.2 Å². The third kappa shape index (κ3) is 3.31.